The van der Waals surface area contributed by atoms with Gasteiger partial charge >= 0.3 is 41.7 Å². The summed E-state index contributed by atoms with van der Waals surface area (Å²) in [6, 6.07) is 0. The molecule has 0 aromatic rings. The van der Waals surface area contributed by atoms with E-state index in [1.54, 1.807) is 0 Å². The molecule has 0 saturated carbocycles. The first-order valence-corrected chi connectivity index (χ1v) is 6.17. The van der Waals surface area contributed by atoms with Crippen LogP contribution in [0.25, 0.3) is 0 Å². The Bertz CT molecular complexity index is 602. The summed E-state index contributed by atoms with van der Waals surface area (Å²) < 4.78 is 207. The quantitative estimate of drug-likeness (QED) is 0.293. The molecule has 166 valence electrons. The van der Waals surface area contributed by atoms with Crippen molar-refractivity contribution in [3.8, 4) is 0 Å². The lowest BCUT2D eigenvalue weighted by Gasteiger charge is -2.43. The van der Waals surface area contributed by atoms with Crippen LogP contribution in [0.15, 0.2) is 25.3 Å². The van der Waals surface area contributed by atoms with Crippen molar-refractivity contribution in [2.24, 2.45) is 0 Å². The van der Waals surface area contributed by atoms with Crippen LogP contribution >= 0.6 is 0 Å². The predicted molar refractivity (Wildman–Crippen MR) is 60.0 cm³/mol. The Morgan fingerprint density at radius 3 is 0.786 bits per heavy atom. The van der Waals surface area contributed by atoms with Gasteiger partial charge in [-0.3, -0.25) is 0 Å². The van der Waals surface area contributed by atoms with Crippen molar-refractivity contribution in [1.29, 1.82) is 0 Å². The average molecular weight is 454 g/mol. The van der Waals surface area contributed by atoms with Gasteiger partial charge in [0.15, 0.2) is 0 Å². The number of hydrogen-bond donors (Lipinski definition) is 0. The van der Waals surface area contributed by atoms with E-state index in [1.165, 1.54) is 0 Å². The van der Waals surface area contributed by atoms with Gasteiger partial charge < -0.3 is 0 Å². The Hall–Kier alpha value is -1.64. The second-order valence-corrected chi connectivity index (χ2v) is 5.12. The molecule has 0 aliphatic carbocycles. The summed E-state index contributed by atoms with van der Waals surface area (Å²) in [7, 11) is 0. The normalized spacial score (nSPS) is 16.1. The van der Waals surface area contributed by atoms with Gasteiger partial charge in [0.2, 0.25) is 5.67 Å². The van der Waals surface area contributed by atoms with Crippen LogP contribution in [0, 0.1) is 0 Å². The molecular weight excluding hydrogens is 448 g/mol. The second-order valence-electron chi connectivity index (χ2n) is 5.12. The van der Waals surface area contributed by atoms with Crippen LogP contribution in [0.3, 0.4) is 0 Å². The van der Waals surface area contributed by atoms with Gasteiger partial charge in [0.1, 0.15) is 0 Å². The van der Waals surface area contributed by atoms with Crippen molar-refractivity contribution < 1.29 is 70.2 Å². The predicted octanol–water partition coefficient (Wildman–Crippen LogP) is 6.44. The first-order chi connectivity index (χ1) is 11.9. The lowest BCUT2D eigenvalue weighted by Crippen LogP contribution is -2.74. The zero-order valence-corrected chi connectivity index (χ0v) is 12.6. The third-order valence-electron chi connectivity index (χ3n) is 3.40. The molecule has 16 heteroatoms. The Morgan fingerprint density at radius 1 is 0.357 bits per heavy atom. The minimum absolute atomic E-state index is 0.898. The summed E-state index contributed by atoms with van der Waals surface area (Å²) in [6.45, 7) is 4.28. The lowest BCUT2D eigenvalue weighted by molar-refractivity contribution is -0.455. The highest BCUT2D eigenvalue weighted by Gasteiger charge is 2.94. The minimum Gasteiger partial charge on any atom is -0.228 e. The maximum atomic E-state index is 13.6. The van der Waals surface area contributed by atoms with E-state index in [1.807, 2.05) is 0 Å². The molecule has 0 aromatic heterocycles. The van der Waals surface area contributed by atoms with Crippen LogP contribution in [0.2, 0.25) is 0 Å². The standard InChI is InChI=1S/C12H6F16/c1-3-5(13,4-2)6(14,15)7(16,17)8(18,19)9(20,21)10(22,23)11(24,25)12(26,27)28/h3-4H,1-2H2. The molecule has 0 heterocycles. The first-order valence-electron chi connectivity index (χ1n) is 6.17. The molecule has 0 radical (unpaired) electrons. The van der Waals surface area contributed by atoms with Crippen LogP contribution < -0.4 is 0 Å². The summed E-state index contributed by atoms with van der Waals surface area (Å²) in [6.07, 6.45) is -9.49. The molecular formula is C12H6F16. The molecule has 0 rings (SSSR count). The molecule has 0 spiro atoms. The van der Waals surface area contributed by atoms with E-state index < -0.39 is 59.5 Å². The van der Waals surface area contributed by atoms with Crippen LogP contribution in [0.5, 0.6) is 0 Å². The molecule has 0 saturated heterocycles. The maximum absolute atomic E-state index is 13.6. The van der Waals surface area contributed by atoms with E-state index in [2.05, 4.69) is 13.2 Å². The Labute approximate surface area is 144 Å². The highest BCUT2D eigenvalue weighted by molar-refractivity contribution is 5.24. The van der Waals surface area contributed by atoms with Gasteiger partial charge in [-0.2, -0.15) is 65.9 Å². The van der Waals surface area contributed by atoms with Gasteiger partial charge in [0, 0.05) is 0 Å². The number of rotatable bonds is 8. The molecule has 0 aromatic carbocycles. The first kappa shape index (κ1) is 26.4. The molecule has 0 aliphatic heterocycles. The summed E-state index contributed by atoms with van der Waals surface area (Å²) in [4.78, 5) is 0. The Kier molecular flexibility index (Phi) is 6.06. The topological polar surface area (TPSA) is 0 Å². The largest absolute Gasteiger partial charge is 0.460 e. The Balaban J connectivity index is 6.80. The zero-order valence-electron chi connectivity index (χ0n) is 12.6. The fourth-order valence-electron chi connectivity index (χ4n) is 1.55. The van der Waals surface area contributed by atoms with E-state index >= 15 is 0 Å². The molecule has 0 fully saturated rings. The third kappa shape index (κ3) is 2.93. The third-order valence-corrected chi connectivity index (χ3v) is 3.40. The van der Waals surface area contributed by atoms with E-state index in [0.29, 0.717) is 0 Å². The van der Waals surface area contributed by atoms with Crippen LogP contribution in [0.4, 0.5) is 70.2 Å². The summed E-state index contributed by atoms with van der Waals surface area (Å²) in [5, 5.41) is 0. The van der Waals surface area contributed by atoms with Gasteiger partial charge in [0.25, 0.3) is 0 Å². The second kappa shape index (κ2) is 6.43. The zero-order chi connectivity index (χ0) is 23.4. The van der Waals surface area contributed by atoms with Gasteiger partial charge in [-0.05, 0) is 12.2 Å². The monoisotopic (exact) mass is 454 g/mol. The highest BCUT2D eigenvalue weighted by Crippen LogP contribution is 2.63. The van der Waals surface area contributed by atoms with E-state index in [9.17, 15) is 70.2 Å². The number of alkyl halides is 16. The molecule has 28 heavy (non-hydrogen) atoms. The van der Waals surface area contributed by atoms with Crippen LogP contribution in [0.1, 0.15) is 0 Å². The molecule has 0 bridgehead atoms. The number of halogens is 16. The van der Waals surface area contributed by atoms with Gasteiger partial charge in [-0.25, -0.2) is 4.39 Å². The Morgan fingerprint density at radius 2 is 0.571 bits per heavy atom. The smallest absolute Gasteiger partial charge is 0.228 e. The molecule has 0 N–H and O–H groups in total. The molecule has 0 unspecified atom stereocenters. The molecule has 0 amide bonds. The SMILES string of the molecule is C=CC(F)(C=C)C(F)(F)C(F)(F)C(F)(F)C(F)(F)C(F)(F)C(F)(F)C(F)(F)F. The average Bonchev–Trinajstić information content (AvgIpc) is 2.51. The summed E-state index contributed by atoms with van der Waals surface area (Å²) >= 11 is 0. The van der Waals surface area contributed by atoms with Gasteiger partial charge in [-0.15, -0.1) is 0 Å². The number of hydrogen-bond acceptors (Lipinski definition) is 0. The minimum atomic E-state index is -8.46. The van der Waals surface area contributed by atoms with E-state index in [4.69, 9.17) is 0 Å². The maximum Gasteiger partial charge on any atom is 0.460 e. The van der Waals surface area contributed by atoms with Crippen molar-refractivity contribution in [3.63, 3.8) is 0 Å². The molecule has 0 atom stereocenters. The van der Waals surface area contributed by atoms with Gasteiger partial charge in [-0.1, -0.05) is 13.2 Å². The van der Waals surface area contributed by atoms with Crippen molar-refractivity contribution in [1.82, 2.24) is 0 Å². The number of allylic oxidation sites excluding steroid dienone is 2. The summed E-state index contributed by atoms with van der Waals surface area (Å²) in [5.74, 6) is -48.3. The molecule has 0 aliphatic rings. The van der Waals surface area contributed by atoms with Crippen LogP contribution in [-0.2, 0) is 0 Å². The lowest BCUT2D eigenvalue weighted by atomic mass is 9.84. The molecule has 0 nitrogen and oxygen atoms in total. The van der Waals surface area contributed by atoms with E-state index in [-0.39, 0.29) is 0 Å². The van der Waals surface area contributed by atoms with Crippen molar-refractivity contribution in [3.05, 3.63) is 25.3 Å². The summed E-state index contributed by atoms with van der Waals surface area (Å²) in [5.41, 5.74) is -5.20. The van der Waals surface area contributed by atoms with Crippen molar-refractivity contribution >= 4 is 0 Å². The fraction of sp³-hybridized carbons (Fsp3) is 0.667. The van der Waals surface area contributed by atoms with Crippen molar-refractivity contribution in [2.75, 3.05) is 0 Å². The van der Waals surface area contributed by atoms with Gasteiger partial charge in [0.05, 0.1) is 0 Å². The van der Waals surface area contributed by atoms with E-state index in [0.717, 1.165) is 0 Å². The fourth-order valence-corrected chi connectivity index (χ4v) is 1.55. The van der Waals surface area contributed by atoms with Crippen molar-refractivity contribution in [2.45, 2.75) is 47.4 Å². The highest BCUT2D eigenvalue weighted by atomic mass is 19.4. The van der Waals surface area contributed by atoms with Crippen LogP contribution in [-0.4, -0.2) is 47.4 Å².